The van der Waals surface area contributed by atoms with Crippen LogP contribution < -0.4 is 10.6 Å². The van der Waals surface area contributed by atoms with Crippen molar-refractivity contribution in [1.82, 2.24) is 10.1 Å². The highest BCUT2D eigenvalue weighted by molar-refractivity contribution is 6.03. The predicted octanol–water partition coefficient (Wildman–Crippen LogP) is 4.67. The van der Waals surface area contributed by atoms with Crippen molar-refractivity contribution in [2.75, 3.05) is 10.6 Å². The number of carbonyl (C=O) groups excluding carboxylic acids is 1. The van der Waals surface area contributed by atoms with Crippen LogP contribution in [0.25, 0.3) is 0 Å². The summed E-state index contributed by atoms with van der Waals surface area (Å²) in [5.74, 6) is 1.41. The van der Waals surface area contributed by atoms with Gasteiger partial charge in [0, 0.05) is 18.0 Å². The zero-order valence-corrected chi connectivity index (χ0v) is 15.3. The molecule has 134 valence electrons. The summed E-state index contributed by atoms with van der Waals surface area (Å²) in [7, 11) is 0. The number of hydrogen-bond donors (Lipinski definition) is 2. The molecule has 0 fully saturated rings. The van der Waals surface area contributed by atoms with E-state index in [0.717, 1.165) is 5.69 Å². The third-order valence-electron chi connectivity index (χ3n) is 3.89. The molecule has 2 aromatic heterocycles. The average molecular weight is 350 g/mol. The summed E-state index contributed by atoms with van der Waals surface area (Å²) in [4.78, 5) is 16.6. The highest BCUT2D eigenvalue weighted by Crippen LogP contribution is 2.30. The minimum absolute atomic E-state index is 0.0130. The number of nitrogens with one attached hydrogen (secondary N) is 2. The molecule has 3 rings (SSSR count). The number of amides is 1. The molecule has 0 bridgehead atoms. The number of para-hydroxylation sites is 1. The van der Waals surface area contributed by atoms with Gasteiger partial charge < -0.3 is 15.2 Å². The number of anilines is 3. The van der Waals surface area contributed by atoms with Crippen LogP contribution in [0.1, 0.15) is 42.5 Å². The van der Waals surface area contributed by atoms with Crippen LogP contribution in [-0.2, 0) is 5.41 Å². The Hall–Kier alpha value is -3.15. The molecule has 0 unspecified atom stereocenters. The molecule has 1 aromatic carbocycles. The molecule has 3 aromatic rings. The Morgan fingerprint density at radius 3 is 2.46 bits per heavy atom. The molecule has 0 saturated heterocycles. The Morgan fingerprint density at radius 1 is 1.08 bits per heavy atom. The van der Waals surface area contributed by atoms with Gasteiger partial charge in [0.05, 0.1) is 5.56 Å². The van der Waals surface area contributed by atoms with E-state index in [1.807, 2.05) is 18.2 Å². The van der Waals surface area contributed by atoms with Crippen molar-refractivity contribution < 1.29 is 9.32 Å². The fourth-order valence-corrected chi connectivity index (χ4v) is 2.60. The lowest BCUT2D eigenvalue weighted by Gasteiger charge is -2.23. The number of carbonyl (C=O) groups is 1. The Morgan fingerprint density at radius 2 is 1.85 bits per heavy atom. The lowest BCUT2D eigenvalue weighted by molar-refractivity contribution is 0.102. The van der Waals surface area contributed by atoms with E-state index < -0.39 is 0 Å². The summed E-state index contributed by atoms with van der Waals surface area (Å²) in [6.07, 6.45) is 1.53. The van der Waals surface area contributed by atoms with Crippen molar-refractivity contribution >= 4 is 23.2 Å². The lowest BCUT2D eigenvalue weighted by Crippen LogP contribution is -2.14. The Balaban J connectivity index is 1.73. The molecule has 2 heterocycles. The number of rotatable bonds is 4. The second-order valence-corrected chi connectivity index (χ2v) is 7.13. The van der Waals surface area contributed by atoms with Gasteiger partial charge in [0.15, 0.2) is 5.82 Å². The molecule has 0 spiro atoms. The summed E-state index contributed by atoms with van der Waals surface area (Å²) in [6.45, 7) is 8.26. The first kappa shape index (κ1) is 17.7. The molecule has 1 amide bonds. The first-order valence-corrected chi connectivity index (χ1v) is 8.40. The van der Waals surface area contributed by atoms with Crippen molar-refractivity contribution in [1.29, 1.82) is 0 Å². The van der Waals surface area contributed by atoms with E-state index in [0.29, 0.717) is 23.0 Å². The Bertz CT molecular complexity index is 908. The Labute approximate surface area is 152 Å². The molecule has 26 heavy (non-hydrogen) atoms. The third-order valence-corrected chi connectivity index (χ3v) is 3.89. The normalized spacial score (nSPS) is 11.2. The summed E-state index contributed by atoms with van der Waals surface area (Å²) < 4.78 is 4.93. The van der Waals surface area contributed by atoms with Crippen LogP contribution in [0.4, 0.5) is 17.3 Å². The minimum Gasteiger partial charge on any atom is -0.360 e. The summed E-state index contributed by atoms with van der Waals surface area (Å²) in [5, 5.41) is 9.75. The average Bonchev–Trinajstić information content (AvgIpc) is 3.00. The summed E-state index contributed by atoms with van der Waals surface area (Å²) in [5.41, 5.74) is 2.66. The number of aryl methyl sites for hydroxylation is 1. The van der Waals surface area contributed by atoms with E-state index >= 15 is 0 Å². The Kier molecular flexibility index (Phi) is 4.75. The quantitative estimate of drug-likeness (QED) is 0.714. The first-order valence-electron chi connectivity index (χ1n) is 8.40. The van der Waals surface area contributed by atoms with Crippen LogP contribution >= 0.6 is 0 Å². The van der Waals surface area contributed by atoms with E-state index in [4.69, 9.17) is 4.52 Å². The van der Waals surface area contributed by atoms with Crippen molar-refractivity contribution in [3.05, 3.63) is 65.5 Å². The molecular formula is C20H22N4O2. The molecule has 0 saturated carbocycles. The van der Waals surface area contributed by atoms with Gasteiger partial charge in [-0.25, -0.2) is 4.98 Å². The second-order valence-electron chi connectivity index (χ2n) is 7.13. The topological polar surface area (TPSA) is 80.0 Å². The van der Waals surface area contributed by atoms with E-state index in [9.17, 15) is 4.79 Å². The molecule has 2 N–H and O–H groups in total. The molecule has 0 aliphatic rings. The van der Waals surface area contributed by atoms with Crippen LogP contribution in [0.15, 0.2) is 53.2 Å². The van der Waals surface area contributed by atoms with Crippen LogP contribution in [0.3, 0.4) is 0 Å². The smallest absolute Gasteiger partial charge is 0.258 e. The minimum atomic E-state index is -0.285. The molecular weight excluding hydrogens is 328 g/mol. The molecule has 0 aliphatic heterocycles. The summed E-state index contributed by atoms with van der Waals surface area (Å²) in [6, 6.07) is 13.3. The number of benzene rings is 1. The molecule has 6 heteroatoms. The number of hydrogen-bond acceptors (Lipinski definition) is 5. The maximum absolute atomic E-state index is 12.2. The summed E-state index contributed by atoms with van der Waals surface area (Å²) >= 11 is 0. The number of aromatic nitrogens is 2. The number of nitrogens with zero attached hydrogens (tertiary/aromatic N) is 2. The fourth-order valence-electron chi connectivity index (χ4n) is 2.60. The molecule has 0 aliphatic carbocycles. The molecule has 0 radical (unpaired) electrons. The lowest BCUT2D eigenvalue weighted by atomic mass is 9.86. The fraction of sp³-hybridized carbons (Fsp3) is 0.250. The maximum atomic E-state index is 12.2. The van der Waals surface area contributed by atoms with E-state index in [1.54, 1.807) is 25.1 Å². The SMILES string of the molecule is Cc1cc(NC(=O)c2ccc(Nc3ccccc3C(C)(C)C)nc2)no1. The van der Waals surface area contributed by atoms with Crippen LogP contribution in [0, 0.1) is 6.92 Å². The van der Waals surface area contributed by atoms with E-state index in [2.05, 4.69) is 47.6 Å². The second kappa shape index (κ2) is 7.00. The monoisotopic (exact) mass is 350 g/mol. The van der Waals surface area contributed by atoms with Gasteiger partial charge in [-0.15, -0.1) is 0 Å². The molecule has 6 nitrogen and oxygen atoms in total. The van der Waals surface area contributed by atoms with Crippen molar-refractivity contribution in [2.24, 2.45) is 0 Å². The van der Waals surface area contributed by atoms with Crippen LogP contribution in [0.5, 0.6) is 0 Å². The zero-order valence-electron chi connectivity index (χ0n) is 15.3. The highest BCUT2D eigenvalue weighted by atomic mass is 16.5. The van der Waals surface area contributed by atoms with Crippen molar-refractivity contribution in [2.45, 2.75) is 33.1 Å². The zero-order chi connectivity index (χ0) is 18.7. The van der Waals surface area contributed by atoms with E-state index in [1.165, 1.54) is 11.8 Å². The first-order chi connectivity index (χ1) is 12.3. The van der Waals surface area contributed by atoms with Crippen molar-refractivity contribution in [3.8, 4) is 0 Å². The third kappa shape index (κ3) is 4.08. The van der Waals surface area contributed by atoms with Gasteiger partial charge in [-0.3, -0.25) is 4.79 Å². The predicted molar refractivity (Wildman–Crippen MR) is 102 cm³/mol. The van der Waals surface area contributed by atoms with Gasteiger partial charge in [0.1, 0.15) is 11.6 Å². The molecule has 0 atom stereocenters. The van der Waals surface area contributed by atoms with Gasteiger partial charge in [-0.2, -0.15) is 0 Å². The highest BCUT2D eigenvalue weighted by Gasteiger charge is 2.17. The van der Waals surface area contributed by atoms with Crippen molar-refractivity contribution in [3.63, 3.8) is 0 Å². The largest absolute Gasteiger partial charge is 0.360 e. The van der Waals surface area contributed by atoms with Gasteiger partial charge >= 0.3 is 0 Å². The standard InChI is InChI=1S/C20H22N4O2/c1-13-11-18(24-26-13)23-19(25)14-9-10-17(21-12-14)22-16-8-6-5-7-15(16)20(2,3)4/h5-12H,1-4H3,(H,21,22)(H,23,24,25). The van der Waals surface area contributed by atoms with Gasteiger partial charge in [0.2, 0.25) is 0 Å². The van der Waals surface area contributed by atoms with Gasteiger partial charge in [-0.05, 0) is 36.1 Å². The van der Waals surface area contributed by atoms with Gasteiger partial charge in [-0.1, -0.05) is 44.1 Å². The van der Waals surface area contributed by atoms with Crippen LogP contribution in [-0.4, -0.2) is 16.0 Å². The maximum Gasteiger partial charge on any atom is 0.258 e. The van der Waals surface area contributed by atoms with Crippen LogP contribution in [0.2, 0.25) is 0 Å². The number of pyridine rings is 1. The van der Waals surface area contributed by atoms with E-state index in [-0.39, 0.29) is 11.3 Å². The van der Waals surface area contributed by atoms with Gasteiger partial charge in [0.25, 0.3) is 5.91 Å².